The molecule has 0 amide bonds. The lowest BCUT2D eigenvalue weighted by atomic mass is 10.1. The highest BCUT2D eigenvalue weighted by Crippen LogP contribution is 2.25. The summed E-state index contributed by atoms with van der Waals surface area (Å²) in [4.78, 5) is 0. The second-order valence-corrected chi connectivity index (χ2v) is 6.66. The summed E-state index contributed by atoms with van der Waals surface area (Å²) < 4.78 is 41.4. The number of rotatable bonds is 7. The van der Waals surface area contributed by atoms with E-state index >= 15 is 0 Å². The molecule has 4 nitrogen and oxygen atoms in total. The number of sulfone groups is 1. The third-order valence-electron chi connectivity index (χ3n) is 2.59. The molecule has 0 unspecified atom stereocenters. The maximum Gasteiger partial charge on any atom is 0.153 e. The first kappa shape index (κ1) is 15.9. The maximum atomic E-state index is 13.1. The SMILES string of the molecule is CCCS(=O)(=O)CCOc1ccc(F)cc1[C@H](C)O. The van der Waals surface area contributed by atoms with E-state index in [-0.39, 0.29) is 18.1 Å². The molecule has 1 aromatic carbocycles. The van der Waals surface area contributed by atoms with Crippen LogP contribution in [0, 0.1) is 5.82 Å². The largest absolute Gasteiger partial charge is 0.492 e. The molecule has 1 atom stereocenters. The van der Waals surface area contributed by atoms with Crippen LogP contribution in [0.3, 0.4) is 0 Å². The molecule has 0 aliphatic carbocycles. The summed E-state index contributed by atoms with van der Waals surface area (Å²) in [6.07, 6.45) is -0.310. The maximum absolute atomic E-state index is 13.1. The van der Waals surface area contributed by atoms with Crippen LogP contribution in [0.15, 0.2) is 18.2 Å². The summed E-state index contributed by atoms with van der Waals surface area (Å²) in [7, 11) is -3.10. The smallest absolute Gasteiger partial charge is 0.153 e. The molecule has 0 aromatic heterocycles. The van der Waals surface area contributed by atoms with Gasteiger partial charge in [-0.15, -0.1) is 0 Å². The van der Waals surface area contributed by atoms with E-state index in [2.05, 4.69) is 0 Å². The highest BCUT2D eigenvalue weighted by atomic mass is 32.2. The van der Waals surface area contributed by atoms with Crippen molar-refractivity contribution in [3.8, 4) is 5.75 Å². The Balaban J connectivity index is 2.68. The van der Waals surface area contributed by atoms with Crippen LogP contribution in [0.5, 0.6) is 5.75 Å². The van der Waals surface area contributed by atoms with Gasteiger partial charge in [-0.05, 0) is 31.5 Å². The van der Waals surface area contributed by atoms with Crippen LogP contribution < -0.4 is 4.74 Å². The molecule has 0 fully saturated rings. The van der Waals surface area contributed by atoms with Crippen molar-refractivity contribution in [2.75, 3.05) is 18.1 Å². The van der Waals surface area contributed by atoms with Crippen LogP contribution >= 0.6 is 0 Å². The van der Waals surface area contributed by atoms with Crippen LogP contribution in [0.2, 0.25) is 0 Å². The van der Waals surface area contributed by atoms with Crippen LogP contribution in [0.1, 0.15) is 31.9 Å². The van der Waals surface area contributed by atoms with Crippen molar-refractivity contribution in [2.24, 2.45) is 0 Å². The fourth-order valence-corrected chi connectivity index (χ4v) is 2.83. The third kappa shape index (κ3) is 5.16. The molecule has 1 N–H and O–H groups in total. The van der Waals surface area contributed by atoms with Gasteiger partial charge < -0.3 is 9.84 Å². The van der Waals surface area contributed by atoms with Crippen LogP contribution in [0.4, 0.5) is 4.39 Å². The lowest BCUT2D eigenvalue weighted by Crippen LogP contribution is -2.17. The summed E-state index contributed by atoms with van der Waals surface area (Å²) in [6, 6.07) is 3.78. The molecule has 19 heavy (non-hydrogen) atoms. The van der Waals surface area contributed by atoms with Crippen LogP contribution in [0.25, 0.3) is 0 Å². The monoisotopic (exact) mass is 290 g/mol. The van der Waals surface area contributed by atoms with E-state index in [1.807, 2.05) is 0 Å². The summed E-state index contributed by atoms with van der Waals surface area (Å²) >= 11 is 0. The Hall–Kier alpha value is -1.14. The van der Waals surface area contributed by atoms with Gasteiger partial charge in [0.1, 0.15) is 18.2 Å². The molecule has 108 valence electrons. The Labute approximate surface area is 113 Å². The quantitative estimate of drug-likeness (QED) is 0.835. The van der Waals surface area contributed by atoms with Gasteiger partial charge in [0, 0.05) is 5.56 Å². The van der Waals surface area contributed by atoms with Crippen molar-refractivity contribution in [1.82, 2.24) is 0 Å². The molecular formula is C13H19FO4S. The number of hydrogen-bond donors (Lipinski definition) is 1. The van der Waals surface area contributed by atoms with Gasteiger partial charge in [-0.1, -0.05) is 6.92 Å². The van der Waals surface area contributed by atoms with E-state index in [1.165, 1.54) is 25.1 Å². The van der Waals surface area contributed by atoms with Crippen molar-refractivity contribution < 1.29 is 22.7 Å². The molecule has 0 aliphatic rings. The van der Waals surface area contributed by atoms with Gasteiger partial charge in [0.05, 0.1) is 17.6 Å². The van der Waals surface area contributed by atoms with Gasteiger partial charge in [-0.25, -0.2) is 12.8 Å². The Morgan fingerprint density at radius 2 is 2.05 bits per heavy atom. The van der Waals surface area contributed by atoms with Gasteiger partial charge in [-0.3, -0.25) is 0 Å². The normalized spacial score (nSPS) is 13.3. The van der Waals surface area contributed by atoms with E-state index in [4.69, 9.17) is 4.74 Å². The number of aliphatic hydroxyl groups is 1. The molecule has 0 saturated carbocycles. The molecule has 0 saturated heterocycles. The summed E-state index contributed by atoms with van der Waals surface area (Å²) in [6.45, 7) is 3.28. The van der Waals surface area contributed by atoms with E-state index in [0.717, 1.165) is 0 Å². The zero-order valence-electron chi connectivity index (χ0n) is 11.1. The van der Waals surface area contributed by atoms with Crippen molar-refractivity contribution in [3.63, 3.8) is 0 Å². The minimum atomic E-state index is -3.10. The Morgan fingerprint density at radius 1 is 1.37 bits per heavy atom. The molecule has 0 radical (unpaired) electrons. The van der Waals surface area contributed by atoms with Crippen molar-refractivity contribution in [2.45, 2.75) is 26.4 Å². The second kappa shape index (κ2) is 6.86. The Bertz CT molecular complexity index is 511. The fraction of sp³-hybridized carbons (Fsp3) is 0.538. The highest BCUT2D eigenvalue weighted by Gasteiger charge is 2.13. The predicted molar refractivity (Wildman–Crippen MR) is 71.5 cm³/mol. The zero-order valence-corrected chi connectivity index (χ0v) is 11.9. The standard InChI is InChI=1S/C13H19FO4S/c1-3-7-19(16,17)8-6-18-13-5-4-11(14)9-12(13)10(2)15/h4-5,9-10,15H,3,6-8H2,1-2H3/t10-/m0/s1. The van der Waals surface area contributed by atoms with E-state index < -0.39 is 21.8 Å². The lowest BCUT2D eigenvalue weighted by molar-refractivity contribution is 0.191. The zero-order chi connectivity index (χ0) is 14.5. The first-order chi connectivity index (χ1) is 8.85. The lowest BCUT2D eigenvalue weighted by Gasteiger charge is -2.13. The number of ether oxygens (including phenoxy) is 1. The van der Waals surface area contributed by atoms with Gasteiger partial charge >= 0.3 is 0 Å². The topological polar surface area (TPSA) is 63.6 Å². The molecule has 0 heterocycles. The van der Waals surface area contributed by atoms with E-state index in [0.29, 0.717) is 17.7 Å². The molecule has 0 aliphatic heterocycles. The Kier molecular flexibility index (Phi) is 5.75. The summed E-state index contributed by atoms with van der Waals surface area (Å²) in [5.41, 5.74) is 0.313. The average Bonchev–Trinajstić information content (AvgIpc) is 2.30. The number of hydrogen-bond acceptors (Lipinski definition) is 4. The molecule has 6 heteroatoms. The van der Waals surface area contributed by atoms with Gasteiger partial charge in [0.25, 0.3) is 0 Å². The molecular weight excluding hydrogens is 271 g/mol. The second-order valence-electron chi connectivity index (χ2n) is 4.36. The van der Waals surface area contributed by atoms with Crippen molar-refractivity contribution in [3.05, 3.63) is 29.6 Å². The summed E-state index contributed by atoms with van der Waals surface area (Å²) in [5, 5.41) is 9.51. The number of halogens is 1. The van der Waals surface area contributed by atoms with Gasteiger partial charge in [0.15, 0.2) is 9.84 Å². The first-order valence-corrected chi connectivity index (χ1v) is 7.98. The van der Waals surface area contributed by atoms with Crippen LogP contribution in [-0.4, -0.2) is 31.6 Å². The third-order valence-corrected chi connectivity index (χ3v) is 4.41. The number of benzene rings is 1. The first-order valence-electron chi connectivity index (χ1n) is 6.16. The van der Waals surface area contributed by atoms with Crippen molar-refractivity contribution >= 4 is 9.84 Å². The van der Waals surface area contributed by atoms with Gasteiger partial charge in [-0.2, -0.15) is 0 Å². The average molecular weight is 290 g/mol. The summed E-state index contributed by atoms with van der Waals surface area (Å²) in [5.74, 6) is -0.120. The predicted octanol–water partition coefficient (Wildman–Crippen LogP) is 2.08. The van der Waals surface area contributed by atoms with E-state index in [9.17, 15) is 17.9 Å². The van der Waals surface area contributed by atoms with Gasteiger partial charge in [0.2, 0.25) is 0 Å². The molecule has 1 aromatic rings. The van der Waals surface area contributed by atoms with Crippen LogP contribution in [-0.2, 0) is 9.84 Å². The molecule has 1 rings (SSSR count). The molecule has 0 bridgehead atoms. The minimum absolute atomic E-state index is 0.00626. The highest BCUT2D eigenvalue weighted by molar-refractivity contribution is 7.91. The molecule has 0 spiro atoms. The number of aliphatic hydroxyl groups excluding tert-OH is 1. The Morgan fingerprint density at radius 3 is 2.63 bits per heavy atom. The van der Waals surface area contributed by atoms with E-state index in [1.54, 1.807) is 6.92 Å². The van der Waals surface area contributed by atoms with Crippen molar-refractivity contribution in [1.29, 1.82) is 0 Å². The minimum Gasteiger partial charge on any atom is -0.492 e. The fourth-order valence-electron chi connectivity index (χ4n) is 1.67.